The highest BCUT2D eigenvalue weighted by Crippen LogP contribution is 2.30. The molecule has 4 rings (SSSR count). The van der Waals surface area contributed by atoms with Gasteiger partial charge in [-0.3, -0.25) is 0 Å². The van der Waals surface area contributed by atoms with E-state index in [1.165, 1.54) is 4.90 Å². The maximum absolute atomic E-state index is 11.2. The lowest BCUT2D eigenvalue weighted by molar-refractivity contribution is -0.00938. The molecule has 1 saturated heterocycles. The number of carboxylic acid groups (broad SMARTS) is 1. The second-order valence-corrected chi connectivity index (χ2v) is 9.35. The molecule has 1 amide bonds. The van der Waals surface area contributed by atoms with Crippen molar-refractivity contribution in [2.24, 2.45) is 0 Å². The molecule has 0 radical (unpaired) electrons. The molecule has 3 aromatic rings. The largest absolute Gasteiger partial charge is 0.493 e. The molecular weight excluding hydrogens is 505 g/mol. The Labute approximate surface area is 219 Å². The van der Waals surface area contributed by atoms with Crippen LogP contribution in [0, 0.1) is 0 Å². The highest BCUT2D eigenvalue weighted by molar-refractivity contribution is 6.31. The van der Waals surface area contributed by atoms with Gasteiger partial charge in [-0.2, -0.15) is 0 Å². The Morgan fingerprint density at radius 1 is 0.944 bits per heavy atom. The number of nitrogens with zero attached hydrogens (tertiary/aromatic N) is 1. The van der Waals surface area contributed by atoms with Gasteiger partial charge in [0, 0.05) is 22.5 Å². The Morgan fingerprint density at radius 3 is 2.22 bits per heavy atom. The molecule has 1 fully saturated rings. The van der Waals surface area contributed by atoms with E-state index in [0.717, 1.165) is 5.56 Å². The fraction of sp³-hybridized carbons (Fsp3) is 0.296. The van der Waals surface area contributed by atoms with Crippen LogP contribution in [0.1, 0.15) is 24.3 Å². The number of piperidine rings is 1. The smallest absolute Gasteiger partial charge is 0.407 e. The van der Waals surface area contributed by atoms with Crippen LogP contribution in [0.15, 0.2) is 72.8 Å². The van der Waals surface area contributed by atoms with Gasteiger partial charge in [0.15, 0.2) is 0 Å². The Balaban J connectivity index is 1.40. The van der Waals surface area contributed by atoms with Crippen LogP contribution in [0.4, 0.5) is 4.79 Å². The number of carbonyl (C=O) groups is 1. The summed E-state index contributed by atoms with van der Waals surface area (Å²) in [7, 11) is 0. The molecule has 36 heavy (non-hydrogen) atoms. The quantitative estimate of drug-likeness (QED) is 0.325. The fourth-order valence-electron chi connectivity index (χ4n) is 4.10. The number of aliphatic hydroxyl groups is 1. The highest BCUT2D eigenvalue weighted by Gasteiger charge is 2.31. The zero-order valence-electron chi connectivity index (χ0n) is 19.4. The number of benzene rings is 3. The van der Waals surface area contributed by atoms with Crippen molar-refractivity contribution in [3.63, 3.8) is 0 Å². The molecule has 0 saturated carbocycles. The topological polar surface area (TPSA) is 88.5 Å². The summed E-state index contributed by atoms with van der Waals surface area (Å²) in [5.74, 6) is 1.67. The molecule has 1 aliphatic rings. The van der Waals surface area contributed by atoms with Crippen molar-refractivity contribution in [2.75, 3.05) is 19.7 Å². The molecule has 0 aliphatic carbocycles. The summed E-state index contributed by atoms with van der Waals surface area (Å²) >= 11 is 12.1. The number of likely N-dealkylation sites (tertiary alicyclic amines) is 1. The maximum Gasteiger partial charge on any atom is 0.407 e. The van der Waals surface area contributed by atoms with Crippen LogP contribution in [-0.4, -0.2) is 53.3 Å². The first-order valence-electron chi connectivity index (χ1n) is 11.6. The van der Waals surface area contributed by atoms with Crippen molar-refractivity contribution in [2.45, 2.75) is 31.2 Å². The molecular formula is C27H27Cl2NO6. The molecule has 1 heterocycles. The minimum atomic E-state index is -1.01. The Hall–Kier alpha value is -3.13. The lowest BCUT2D eigenvalue weighted by Crippen LogP contribution is -2.45. The lowest BCUT2D eigenvalue weighted by atomic mass is 9.87. The average molecular weight is 532 g/mol. The van der Waals surface area contributed by atoms with E-state index in [-0.39, 0.29) is 12.5 Å². The molecule has 9 heteroatoms. The van der Waals surface area contributed by atoms with Crippen molar-refractivity contribution in [1.82, 2.24) is 4.90 Å². The van der Waals surface area contributed by atoms with E-state index >= 15 is 0 Å². The zero-order valence-corrected chi connectivity index (χ0v) is 20.9. The Morgan fingerprint density at radius 2 is 1.58 bits per heavy atom. The van der Waals surface area contributed by atoms with Crippen molar-refractivity contribution >= 4 is 29.3 Å². The average Bonchev–Trinajstić information content (AvgIpc) is 2.84. The van der Waals surface area contributed by atoms with Crippen LogP contribution in [0.2, 0.25) is 10.0 Å². The van der Waals surface area contributed by atoms with Gasteiger partial charge in [0.2, 0.25) is 6.29 Å². The van der Waals surface area contributed by atoms with Gasteiger partial charge in [-0.05, 0) is 60.5 Å². The van der Waals surface area contributed by atoms with Gasteiger partial charge in [-0.1, -0.05) is 47.5 Å². The van der Waals surface area contributed by atoms with Crippen LogP contribution in [0.3, 0.4) is 0 Å². The standard InChI is InChI=1S/C27H27Cl2NO6/c28-19-3-1-5-22(15-19)34-14-12-26(36-23-6-2-4-20(29)16-23)35-21-9-7-18(8-10-21)24-11-13-30(27(32)33)17-25(24)31/h1-10,15-16,24-26,31H,11-14,17H2,(H,32,33). The molecule has 0 bridgehead atoms. The third-order valence-corrected chi connectivity index (χ3v) is 6.38. The van der Waals surface area contributed by atoms with Crippen molar-refractivity contribution in [1.29, 1.82) is 0 Å². The van der Waals surface area contributed by atoms with Crippen molar-refractivity contribution < 1.29 is 29.2 Å². The minimum Gasteiger partial charge on any atom is -0.493 e. The zero-order chi connectivity index (χ0) is 25.5. The summed E-state index contributed by atoms with van der Waals surface area (Å²) in [6, 6.07) is 21.6. The molecule has 190 valence electrons. The summed E-state index contributed by atoms with van der Waals surface area (Å²) in [4.78, 5) is 12.4. The van der Waals surface area contributed by atoms with Crippen LogP contribution in [-0.2, 0) is 0 Å². The van der Waals surface area contributed by atoms with Crippen LogP contribution >= 0.6 is 23.2 Å². The normalized spacial score (nSPS) is 18.4. The summed E-state index contributed by atoms with van der Waals surface area (Å²) in [6.07, 6.45) is -1.45. The number of halogens is 2. The molecule has 1 aliphatic heterocycles. The first kappa shape index (κ1) is 25.9. The van der Waals surface area contributed by atoms with Gasteiger partial charge in [0.1, 0.15) is 17.2 Å². The van der Waals surface area contributed by atoms with E-state index in [1.807, 2.05) is 36.4 Å². The molecule has 3 aromatic carbocycles. The SMILES string of the molecule is O=C(O)N1CCC(c2ccc(OC(CCOc3cccc(Cl)c3)Oc3cccc(Cl)c3)cc2)C(O)C1. The number of rotatable bonds is 9. The summed E-state index contributed by atoms with van der Waals surface area (Å²) in [5, 5.41) is 20.8. The van der Waals surface area contributed by atoms with Gasteiger partial charge in [0.25, 0.3) is 0 Å². The van der Waals surface area contributed by atoms with E-state index in [9.17, 15) is 9.90 Å². The molecule has 2 N–H and O–H groups in total. The van der Waals surface area contributed by atoms with Crippen LogP contribution in [0.5, 0.6) is 17.2 Å². The number of amides is 1. The number of hydrogen-bond donors (Lipinski definition) is 2. The highest BCUT2D eigenvalue weighted by atomic mass is 35.5. The van der Waals surface area contributed by atoms with E-state index < -0.39 is 18.5 Å². The number of ether oxygens (including phenoxy) is 3. The fourth-order valence-corrected chi connectivity index (χ4v) is 4.46. The predicted molar refractivity (Wildman–Crippen MR) is 137 cm³/mol. The molecule has 0 aromatic heterocycles. The number of hydrogen-bond acceptors (Lipinski definition) is 5. The Bertz CT molecular complexity index is 1160. The van der Waals surface area contributed by atoms with E-state index in [0.29, 0.717) is 53.3 Å². The molecule has 0 spiro atoms. The third-order valence-electron chi connectivity index (χ3n) is 5.91. The summed E-state index contributed by atoms with van der Waals surface area (Å²) in [6.45, 7) is 0.815. The number of aliphatic hydroxyl groups excluding tert-OH is 1. The first-order chi connectivity index (χ1) is 17.4. The summed E-state index contributed by atoms with van der Waals surface area (Å²) < 4.78 is 18.0. The maximum atomic E-state index is 11.2. The van der Waals surface area contributed by atoms with Crippen LogP contribution < -0.4 is 14.2 Å². The van der Waals surface area contributed by atoms with Crippen molar-refractivity contribution in [3.05, 3.63) is 88.4 Å². The van der Waals surface area contributed by atoms with Crippen molar-refractivity contribution in [3.8, 4) is 17.2 Å². The monoisotopic (exact) mass is 531 g/mol. The first-order valence-corrected chi connectivity index (χ1v) is 12.4. The molecule has 7 nitrogen and oxygen atoms in total. The van der Waals surface area contributed by atoms with Gasteiger partial charge in [-0.15, -0.1) is 0 Å². The second-order valence-electron chi connectivity index (χ2n) is 8.48. The van der Waals surface area contributed by atoms with E-state index in [2.05, 4.69) is 0 Å². The van der Waals surface area contributed by atoms with Gasteiger partial charge < -0.3 is 29.3 Å². The van der Waals surface area contributed by atoms with E-state index in [4.69, 9.17) is 42.5 Å². The van der Waals surface area contributed by atoms with Gasteiger partial charge in [0.05, 0.1) is 25.7 Å². The van der Waals surface area contributed by atoms with Gasteiger partial charge >= 0.3 is 6.09 Å². The van der Waals surface area contributed by atoms with Gasteiger partial charge in [-0.25, -0.2) is 4.79 Å². The molecule has 3 atom stereocenters. The minimum absolute atomic E-state index is 0.0976. The third kappa shape index (κ3) is 7.20. The van der Waals surface area contributed by atoms with Crippen LogP contribution in [0.25, 0.3) is 0 Å². The Kier molecular flexibility index (Phi) is 8.80. The molecule has 3 unspecified atom stereocenters. The van der Waals surface area contributed by atoms with E-state index in [1.54, 1.807) is 36.4 Å². The predicted octanol–water partition coefficient (Wildman–Crippen LogP) is 6.07. The second kappa shape index (κ2) is 12.2. The lowest BCUT2D eigenvalue weighted by Gasteiger charge is -2.34. The summed E-state index contributed by atoms with van der Waals surface area (Å²) in [5.41, 5.74) is 0.927. The number of β-amino-alcohol motifs (C(OH)–C–C–N with tert-alkyl or cyclic N) is 1.